The molecule has 7 heteroatoms. The molecule has 1 aromatic carbocycles. The normalized spacial score (nSPS) is 11.7. The van der Waals surface area contributed by atoms with E-state index in [1.165, 1.54) is 28.7 Å². The molecule has 0 bridgehead atoms. The van der Waals surface area contributed by atoms with Crippen molar-refractivity contribution < 1.29 is 4.79 Å². The molecule has 1 amide bonds. The van der Waals surface area contributed by atoms with Gasteiger partial charge in [-0.05, 0) is 11.5 Å². The van der Waals surface area contributed by atoms with E-state index < -0.39 is 0 Å². The number of hydrogen-bond acceptors (Lipinski definition) is 6. The smallest absolute Gasteiger partial charge is 0.230 e. The largest absolute Gasteiger partial charge is 0.357 e. The van der Waals surface area contributed by atoms with Gasteiger partial charge in [0.05, 0.1) is 5.75 Å². The van der Waals surface area contributed by atoms with Crippen LogP contribution in [0.15, 0.2) is 47.3 Å². The van der Waals surface area contributed by atoms with E-state index in [2.05, 4.69) is 46.5 Å². The molecule has 2 rings (SSSR count). The van der Waals surface area contributed by atoms with E-state index in [-0.39, 0.29) is 5.91 Å². The van der Waals surface area contributed by atoms with Gasteiger partial charge in [0.25, 0.3) is 0 Å². The number of rotatable bonds is 9. The van der Waals surface area contributed by atoms with E-state index in [4.69, 9.17) is 0 Å². The summed E-state index contributed by atoms with van der Waals surface area (Å²) in [5.41, 5.74) is 1.22. The highest BCUT2D eigenvalue weighted by Gasteiger charge is 2.10. The van der Waals surface area contributed by atoms with Crippen molar-refractivity contribution in [3.8, 4) is 0 Å². The van der Waals surface area contributed by atoms with Crippen LogP contribution in [0.5, 0.6) is 0 Å². The van der Waals surface area contributed by atoms with Crippen LogP contribution in [0.3, 0.4) is 0 Å². The van der Waals surface area contributed by atoms with Crippen LogP contribution in [0.1, 0.15) is 18.4 Å². The number of carbonyl (C=O) groups excluding carboxylic acids is 1. The molecule has 0 aliphatic carbocycles. The Morgan fingerprint density at radius 3 is 2.91 bits per heavy atom. The number of hydrogen-bond donors (Lipinski definition) is 2. The van der Waals surface area contributed by atoms with Crippen LogP contribution in [-0.4, -0.2) is 34.9 Å². The highest BCUT2D eigenvalue weighted by molar-refractivity contribution is 8.01. The number of anilines is 1. The van der Waals surface area contributed by atoms with Crippen LogP contribution in [-0.2, 0) is 4.79 Å². The second kappa shape index (κ2) is 9.32. The Bertz CT molecular complexity index is 630. The molecule has 2 aromatic rings. The molecular weight excluding hydrogens is 328 g/mol. The lowest BCUT2D eigenvalue weighted by Gasteiger charge is -2.12. The number of benzene rings is 1. The van der Waals surface area contributed by atoms with Gasteiger partial charge < -0.3 is 10.6 Å². The van der Waals surface area contributed by atoms with Crippen molar-refractivity contribution in [3.05, 3.63) is 48.6 Å². The summed E-state index contributed by atoms with van der Waals surface area (Å²) in [6.07, 6.45) is 1.76. The van der Waals surface area contributed by atoms with Crippen LogP contribution in [0, 0.1) is 0 Å². The van der Waals surface area contributed by atoms with E-state index >= 15 is 0 Å². The van der Waals surface area contributed by atoms with Crippen LogP contribution < -0.4 is 10.6 Å². The summed E-state index contributed by atoms with van der Waals surface area (Å²) in [7, 11) is 0. The fourth-order valence-corrected chi connectivity index (χ4v) is 3.43. The molecule has 1 unspecified atom stereocenters. The molecule has 122 valence electrons. The van der Waals surface area contributed by atoms with Crippen LogP contribution in [0.2, 0.25) is 0 Å². The van der Waals surface area contributed by atoms with Gasteiger partial charge in [0.1, 0.15) is 0 Å². The van der Waals surface area contributed by atoms with Crippen molar-refractivity contribution >= 4 is 34.1 Å². The zero-order valence-corrected chi connectivity index (χ0v) is 14.6. The maximum atomic E-state index is 11.9. The van der Waals surface area contributed by atoms with Crippen molar-refractivity contribution in [1.29, 1.82) is 0 Å². The average molecular weight is 348 g/mol. The van der Waals surface area contributed by atoms with Gasteiger partial charge >= 0.3 is 0 Å². The topological polar surface area (TPSA) is 66.9 Å². The second-order valence-electron chi connectivity index (χ2n) is 4.95. The number of carbonyl (C=O) groups is 1. The minimum Gasteiger partial charge on any atom is -0.357 e. The lowest BCUT2D eigenvalue weighted by molar-refractivity contribution is -0.118. The molecule has 5 nitrogen and oxygen atoms in total. The van der Waals surface area contributed by atoms with E-state index in [1.54, 1.807) is 6.08 Å². The third-order valence-electron chi connectivity index (χ3n) is 3.10. The van der Waals surface area contributed by atoms with Gasteiger partial charge in [0.15, 0.2) is 4.34 Å². The fraction of sp³-hybridized carbons (Fsp3) is 0.312. The van der Waals surface area contributed by atoms with Gasteiger partial charge in [-0.25, -0.2) is 0 Å². The molecule has 0 fully saturated rings. The van der Waals surface area contributed by atoms with Crippen LogP contribution in [0.25, 0.3) is 0 Å². The highest BCUT2D eigenvalue weighted by Crippen LogP contribution is 2.25. The van der Waals surface area contributed by atoms with Crippen molar-refractivity contribution in [2.24, 2.45) is 0 Å². The molecule has 0 saturated heterocycles. The predicted molar refractivity (Wildman–Crippen MR) is 97.2 cm³/mol. The van der Waals surface area contributed by atoms with Crippen molar-refractivity contribution in [3.63, 3.8) is 0 Å². The Labute approximate surface area is 144 Å². The summed E-state index contributed by atoms with van der Waals surface area (Å²) in [6.45, 7) is 7.02. The molecule has 0 spiro atoms. The summed E-state index contributed by atoms with van der Waals surface area (Å²) >= 11 is 2.84. The maximum Gasteiger partial charge on any atom is 0.230 e. The van der Waals surface area contributed by atoms with E-state index in [0.29, 0.717) is 24.8 Å². The lowest BCUT2D eigenvalue weighted by Crippen LogP contribution is -2.28. The second-order valence-corrected chi connectivity index (χ2v) is 7.15. The number of nitrogens with zero attached hydrogens (tertiary/aromatic N) is 2. The van der Waals surface area contributed by atoms with Crippen LogP contribution >= 0.6 is 23.1 Å². The standard InChI is InChI=1S/C16H20N4OS2/c1-3-9-17-15-19-20-16(23-15)22-11-14(21)18-10-12(2)13-7-5-4-6-8-13/h3-8,12H,1,9-11H2,2H3,(H,17,19)(H,18,21). The number of amides is 1. The minimum atomic E-state index is 0.00795. The zero-order chi connectivity index (χ0) is 16.5. The summed E-state index contributed by atoms with van der Waals surface area (Å²) in [6, 6.07) is 10.2. The molecule has 0 aliphatic heterocycles. The van der Waals surface area contributed by atoms with E-state index in [1.807, 2.05) is 18.2 Å². The first-order valence-electron chi connectivity index (χ1n) is 7.31. The number of nitrogens with one attached hydrogen (secondary N) is 2. The highest BCUT2D eigenvalue weighted by atomic mass is 32.2. The summed E-state index contributed by atoms with van der Waals surface area (Å²) in [5.74, 6) is 0.646. The minimum absolute atomic E-state index is 0.00795. The monoisotopic (exact) mass is 348 g/mol. The fourth-order valence-electron chi connectivity index (χ4n) is 1.84. The van der Waals surface area contributed by atoms with Crippen molar-refractivity contribution in [1.82, 2.24) is 15.5 Å². The number of aromatic nitrogens is 2. The average Bonchev–Trinajstić information content (AvgIpc) is 3.04. The van der Waals surface area contributed by atoms with Crippen molar-refractivity contribution in [2.45, 2.75) is 17.2 Å². The molecule has 1 aromatic heterocycles. The SMILES string of the molecule is C=CCNc1nnc(SCC(=O)NCC(C)c2ccccc2)s1. The first-order chi connectivity index (χ1) is 11.2. The lowest BCUT2D eigenvalue weighted by atomic mass is 10.0. The third kappa shape index (κ3) is 6.03. The van der Waals surface area contributed by atoms with Gasteiger partial charge in [-0.1, -0.05) is 66.4 Å². The Hall–Kier alpha value is -1.86. The summed E-state index contributed by atoms with van der Waals surface area (Å²) < 4.78 is 0.780. The van der Waals surface area contributed by atoms with Gasteiger partial charge in [0, 0.05) is 13.1 Å². The molecule has 23 heavy (non-hydrogen) atoms. The maximum absolute atomic E-state index is 11.9. The first kappa shape index (κ1) is 17.5. The third-order valence-corrected chi connectivity index (χ3v) is 5.12. The van der Waals surface area contributed by atoms with Crippen molar-refractivity contribution in [2.75, 3.05) is 24.2 Å². The molecule has 1 atom stereocenters. The Morgan fingerprint density at radius 1 is 1.39 bits per heavy atom. The van der Waals surface area contributed by atoms with Gasteiger partial charge in [-0.2, -0.15) is 0 Å². The molecule has 1 heterocycles. The van der Waals surface area contributed by atoms with E-state index in [9.17, 15) is 4.79 Å². The Balaban J connectivity index is 1.70. The summed E-state index contributed by atoms with van der Waals surface area (Å²) in [5, 5.41) is 14.8. The first-order valence-corrected chi connectivity index (χ1v) is 9.12. The molecule has 0 saturated carbocycles. The molecular formula is C16H20N4OS2. The molecule has 2 N–H and O–H groups in total. The van der Waals surface area contributed by atoms with Crippen LogP contribution in [0.4, 0.5) is 5.13 Å². The Kier molecular flexibility index (Phi) is 7.09. The number of thioether (sulfide) groups is 1. The van der Waals surface area contributed by atoms with Gasteiger partial charge in [-0.15, -0.1) is 16.8 Å². The zero-order valence-electron chi connectivity index (χ0n) is 13.0. The predicted octanol–water partition coefficient (Wildman–Crippen LogP) is 3.15. The quantitative estimate of drug-likeness (QED) is 0.538. The van der Waals surface area contributed by atoms with Gasteiger partial charge in [-0.3, -0.25) is 4.79 Å². The summed E-state index contributed by atoms with van der Waals surface area (Å²) in [4.78, 5) is 11.9. The van der Waals surface area contributed by atoms with E-state index in [0.717, 1.165) is 9.47 Å². The Morgan fingerprint density at radius 2 is 2.17 bits per heavy atom. The van der Waals surface area contributed by atoms with Gasteiger partial charge in [0.2, 0.25) is 11.0 Å². The molecule has 0 aliphatic rings. The molecule has 0 radical (unpaired) electrons.